The zero-order valence-electron chi connectivity index (χ0n) is 17.2. The van der Waals surface area contributed by atoms with Gasteiger partial charge in [0, 0.05) is 24.3 Å². The van der Waals surface area contributed by atoms with Crippen LogP contribution in [-0.2, 0) is 14.8 Å². The van der Waals surface area contributed by atoms with Crippen LogP contribution in [0.4, 0.5) is 11.5 Å². The third-order valence-electron chi connectivity index (χ3n) is 4.84. The van der Waals surface area contributed by atoms with Gasteiger partial charge in [-0.3, -0.25) is 4.72 Å². The molecule has 31 heavy (non-hydrogen) atoms. The first kappa shape index (κ1) is 21.1. The lowest BCUT2D eigenvalue weighted by atomic mass is 10.1. The Morgan fingerprint density at radius 2 is 1.81 bits per heavy atom. The van der Waals surface area contributed by atoms with Gasteiger partial charge in [0.25, 0.3) is 10.0 Å². The molecule has 0 saturated carbocycles. The Morgan fingerprint density at radius 1 is 1.03 bits per heavy atom. The molecule has 1 aromatic heterocycles. The molecule has 1 fully saturated rings. The highest BCUT2D eigenvalue weighted by molar-refractivity contribution is 7.92. The average Bonchev–Trinajstić information content (AvgIpc) is 2.80. The van der Waals surface area contributed by atoms with E-state index in [-0.39, 0.29) is 4.90 Å². The van der Waals surface area contributed by atoms with Gasteiger partial charge in [0.2, 0.25) is 0 Å². The van der Waals surface area contributed by atoms with Crippen LogP contribution < -0.4 is 14.4 Å². The van der Waals surface area contributed by atoms with E-state index in [1.807, 2.05) is 25.1 Å². The van der Waals surface area contributed by atoms with Gasteiger partial charge in [-0.1, -0.05) is 12.1 Å². The number of aromatic nitrogens is 2. The summed E-state index contributed by atoms with van der Waals surface area (Å²) >= 11 is 0. The van der Waals surface area contributed by atoms with Crippen molar-refractivity contribution in [3.63, 3.8) is 0 Å². The Kier molecular flexibility index (Phi) is 6.34. The number of ether oxygens (including phenoxy) is 2. The summed E-state index contributed by atoms with van der Waals surface area (Å²) in [5.74, 6) is 1.43. The zero-order chi connectivity index (χ0) is 21.7. The maximum Gasteiger partial charge on any atom is 0.261 e. The second-order valence-electron chi connectivity index (χ2n) is 6.97. The van der Waals surface area contributed by atoms with E-state index in [1.165, 1.54) is 12.1 Å². The highest BCUT2D eigenvalue weighted by atomic mass is 32.2. The van der Waals surface area contributed by atoms with Crippen LogP contribution in [0.25, 0.3) is 11.3 Å². The largest absolute Gasteiger partial charge is 0.494 e. The number of hydrogen-bond acceptors (Lipinski definition) is 7. The monoisotopic (exact) mass is 440 g/mol. The lowest BCUT2D eigenvalue weighted by molar-refractivity contribution is 0.122. The summed E-state index contributed by atoms with van der Waals surface area (Å²) in [6, 6.07) is 17.2. The summed E-state index contributed by atoms with van der Waals surface area (Å²) in [5.41, 5.74) is 1.89. The third-order valence-corrected chi connectivity index (χ3v) is 6.24. The SMILES string of the molecule is CCOc1ccc(S(=O)(=O)Nc2cccc(-c3ccc(N4CCOCC4)nn3)c2)cc1. The molecule has 1 aliphatic rings. The van der Waals surface area contributed by atoms with Gasteiger partial charge >= 0.3 is 0 Å². The van der Waals surface area contributed by atoms with Gasteiger partial charge in [-0.2, -0.15) is 0 Å². The van der Waals surface area contributed by atoms with E-state index in [0.29, 0.717) is 37.0 Å². The molecule has 0 amide bonds. The molecule has 1 saturated heterocycles. The molecule has 0 spiro atoms. The number of morpholine rings is 1. The molecule has 9 heteroatoms. The van der Waals surface area contributed by atoms with Crippen LogP contribution in [0.2, 0.25) is 0 Å². The van der Waals surface area contributed by atoms with Crippen molar-refractivity contribution in [2.24, 2.45) is 0 Å². The highest BCUT2D eigenvalue weighted by Gasteiger charge is 2.16. The summed E-state index contributed by atoms with van der Waals surface area (Å²) in [5, 5.41) is 8.65. The van der Waals surface area contributed by atoms with Crippen LogP contribution in [0, 0.1) is 0 Å². The van der Waals surface area contributed by atoms with Crippen LogP contribution in [0.1, 0.15) is 6.92 Å². The Hall–Kier alpha value is -3.17. The summed E-state index contributed by atoms with van der Waals surface area (Å²) in [6.45, 7) is 5.33. The predicted molar refractivity (Wildman–Crippen MR) is 119 cm³/mol. The average molecular weight is 441 g/mol. The minimum Gasteiger partial charge on any atom is -0.494 e. The summed E-state index contributed by atoms with van der Waals surface area (Å²) in [7, 11) is -3.73. The molecule has 1 N–H and O–H groups in total. The number of rotatable bonds is 7. The fraction of sp³-hybridized carbons (Fsp3) is 0.273. The molecular formula is C22H24N4O4S. The van der Waals surface area contributed by atoms with Gasteiger partial charge < -0.3 is 14.4 Å². The van der Waals surface area contributed by atoms with Gasteiger partial charge in [-0.05, 0) is 55.5 Å². The quantitative estimate of drug-likeness (QED) is 0.603. The number of hydrogen-bond donors (Lipinski definition) is 1. The van der Waals surface area contributed by atoms with Gasteiger partial charge in [-0.25, -0.2) is 8.42 Å². The van der Waals surface area contributed by atoms with Gasteiger partial charge in [0.05, 0.1) is 30.4 Å². The van der Waals surface area contributed by atoms with E-state index in [2.05, 4.69) is 19.8 Å². The van der Waals surface area contributed by atoms with Gasteiger partial charge in [0.15, 0.2) is 5.82 Å². The Balaban J connectivity index is 1.50. The van der Waals surface area contributed by atoms with Crippen molar-refractivity contribution < 1.29 is 17.9 Å². The molecule has 2 heterocycles. The second kappa shape index (κ2) is 9.32. The first-order valence-electron chi connectivity index (χ1n) is 10.1. The van der Waals surface area contributed by atoms with E-state index >= 15 is 0 Å². The smallest absolute Gasteiger partial charge is 0.261 e. The molecule has 1 aliphatic heterocycles. The molecular weight excluding hydrogens is 416 g/mol. The minimum atomic E-state index is -3.73. The number of nitrogens with one attached hydrogen (secondary N) is 1. The van der Waals surface area contributed by atoms with Crippen LogP contribution in [0.5, 0.6) is 5.75 Å². The number of benzene rings is 2. The van der Waals surface area contributed by atoms with Crippen molar-refractivity contribution in [1.29, 1.82) is 0 Å². The number of sulfonamides is 1. The maximum absolute atomic E-state index is 12.7. The third kappa shape index (κ3) is 5.12. The predicted octanol–water partition coefficient (Wildman–Crippen LogP) is 3.18. The molecule has 8 nitrogen and oxygen atoms in total. The second-order valence-corrected chi connectivity index (χ2v) is 8.65. The van der Waals surface area contributed by atoms with Crippen molar-refractivity contribution >= 4 is 21.5 Å². The Labute approximate surface area is 181 Å². The van der Waals surface area contributed by atoms with E-state index in [9.17, 15) is 8.42 Å². The van der Waals surface area contributed by atoms with Crippen LogP contribution in [0.15, 0.2) is 65.6 Å². The molecule has 0 atom stereocenters. The Morgan fingerprint density at radius 3 is 2.48 bits per heavy atom. The van der Waals surface area contributed by atoms with Crippen molar-refractivity contribution in [1.82, 2.24) is 10.2 Å². The minimum absolute atomic E-state index is 0.163. The summed E-state index contributed by atoms with van der Waals surface area (Å²) in [6.07, 6.45) is 0. The van der Waals surface area contributed by atoms with Gasteiger partial charge in [0.1, 0.15) is 5.75 Å². The molecule has 2 aromatic carbocycles. The van der Waals surface area contributed by atoms with Crippen LogP contribution in [-0.4, -0.2) is 51.5 Å². The van der Waals surface area contributed by atoms with Gasteiger partial charge in [-0.15, -0.1) is 10.2 Å². The molecule has 0 aliphatic carbocycles. The molecule has 0 bridgehead atoms. The lowest BCUT2D eigenvalue weighted by Crippen LogP contribution is -2.36. The first-order chi connectivity index (χ1) is 15.0. The summed E-state index contributed by atoms with van der Waals surface area (Å²) in [4.78, 5) is 2.29. The molecule has 0 radical (unpaired) electrons. The van der Waals surface area contributed by atoms with E-state index in [1.54, 1.807) is 30.3 Å². The molecule has 3 aromatic rings. The van der Waals surface area contributed by atoms with E-state index < -0.39 is 10.0 Å². The van der Waals surface area contributed by atoms with Crippen molar-refractivity contribution in [3.8, 4) is 17.0 Å². The van der Waals surface area contributed by atoms with Crippen molar-refractivity contribution in [2.75, 3.05) is 42.5 Å². The lowest BCUT2D eigenvalue weighted by Gasteiger charge is -2.27. The number of nitrogens with zero attached hydrogens (tertiary/aromatic N) is 3. The standard InChI is InChI=1S/C22H24N4O4S/c1-2-30-19-6-8-20(9-7-19)31(27,28)25-18-5-3-4-17(16-18)21-10-11-22(24-23-21)26-12-14-29-15-13-26/h3-11,16,25H,2,12-15H2,1H3. The molecule has 4 rings (SSSR count). The highest BCUT2D eigenvalue weighted by Crippen LogP contribution is 2.24. The van der Waals surface area contributed by atoms with Crippen molar-refractivity contribution in [3.05, 3.63) is 60.7 Å². The Bertz CT molecular complexity index is 1110. The zero-order valence-corrected chi connectivity index (χ0v) is 18.0. The van der Waals surface area contributed by atoms with Crippen molar-refractivity contribution in [2.45, 2.75) is 11.8 Å². The normalized spacial score (nSPS) is 14.3. The maximum atomic E-state index is 12.7. The fourth-order valence-electron chi connectivity index (χ4n) is 3.28. The van der Waals surface area contributed by atoms with E-state index in [4.69, 9.17) is 9.47 Å². The van der Waals surface area contributed by atoms with Crippen LogP contribution >= 0.6 is 0 Å². The fourth-order valence-corrected chi connectivity index (χ4v) is 4.33. The van der Waals surface area contributed by atoms with E-state index in [0.717, 1.165) is 24.5 Å². The summed E-state index contributed by atoms with van der Waals surface area (Å²) < 4.78 is 38.8. The van der Waals surface area contributed by atoms with Crippen LogP contribution in [0.3, 0.4) is 0 Å². The number of anilines is 2. The molecule has 0 unspecified atom stereocenters. The molecule has 162 valence electrons. The topological polar surface area (TPSA) is 93.7 Å². The first-order valence-corrected chi connectivity index (χ1v) is 11.6.